The van der Waals surface area contributed by atoms with Crippen LogP contribution in [0.3, 0.4) is 0 Å². The fraction of sp³-hybridized carbons (Fsp3) is 1.00. The van der Waals surface area contributed by atoms with Crippen molar-refractivity contribution in [3.63, 3.8) is 0 Å². The van der Waals surface area contributed by atoms with Crippen molar-refractivity contribution in [2.45, 2.75) is 37.8 Å². The van der Waals surface area contributed by atoms with E-state index in [4.69, 9.17) is 10.2 Å². The first-order valence-electron chi connectivity index (χ1n) is 4.36. The number of hydrogen-bond acceptors (Lipinski definition) is 3. The van der Waals surface area contributed by atoms with E-state index < -0.39 is 11.6 Å². The second-order valence-corrected chi connectivity index (χ2v) is 3.23. The molecule has 0 aliphatic carbocycles. The van der Waals surface area contributed by atoms with E-state index in [9.17, 15) is 5.11 Å². The van der Waals surface area contributed by atoms with Gasteiger partial charge in [0.15, 0.2) is 0 Å². The summed E-state index contributed by atoms with van der Waals surface area (Å²) in [6.07, 6.45) is 0.922. The molecule has 5 heteroatoms. The lowest BCUT2D eigenvalue weighted by molar-refractivity contribution is -0.502. The summed E-state index contributed by atoms with van der Waals surface area (Å²) < 4.78 is 0. The molecule has 0 aliphatic heterocycles. The van der Waals surface area contributed by atoms with E-state index in [0.29, 0.717) is 19.3 Å². The van der Waals surface area contributed by atoms with Gasteiger partial charge < -0.3 is 33.5 Å². The molecule has 4 nitrogen and oxygen atoms in total. The van der Waals surface area contributed by atoms with Gasteiger partial charge in [-0.2, -0.15) is 0 Å². The average Bonchev–Trinajstić information content (AvgIpc) is 2.04. The van der Waals surface area contributed by atoms with Crippen molar-refractivity contribution in [1.29, 1.82) is 0 Å². The van der Waals surface area contributed by atoms with Crippen LogP contribution in [0.25, 0.3) is 0 Å². The van der Waals surface area contributed by atoms with Crippen molar-refractivity contribution in [3.8, 4) is 0 Å². The summed E-state index contributed by atoms with van der Waals surface area (Å²) >= 11 is 0. The highest BCUT2D eigenvalue weighted by Gasteiger charge is 2.35. The second-order valence-electron chi connectivity index (χ2n) is 3.23. The van der Waals surface area contributed by atoms with Gasteiger partial charge in [0, 0.05) is 26.1 Å². The Kier molecular flexibility index (Phi) is 9.03. The molecule has 0 amide bonds. The van der Waals surface area contributed by atoms with Gasteiger partial charge in [-0.05, 0) is 6.42 Å². The third-order valence-electron chi connectivity index (χ3n) is 2.31. The zero-order valence-corrected chi connectivity index (χ0v) is 8.80. The Morgan fingerprint density at radius 3 is 1.85 bits per heavy atom. The Morgan fingerprint density at radius 1 is 1.23 bits per heavy atom. The maximum atomic E-state index is 9.55. The smallest absolute Gasteiger partial charge is 0.125 e. The summed E-state index contributed by atoms with van der Waals surface area (Å²) in [4.78, 5) is 0. The lowest BCUT2D eigenvalue weighted by Gasteiger charge is -2.29. The van der Waals surface area contributed by atoms with Crippen molar-refractivity contribution in [3.05, 3.63) is 0 Å². The molecule has 0 saturated heterocycles. The van der Waals surface area contributed by atoms with Crippen LogP contribution >= 0.6 is 0 Å². The van der Waals surface area contributed by atoms with Crippen molar-refractivity contribution < 1.29 is 33.5 Å². The van der Waals surface area contributed by atoms with Crippen LogP contribution in [0.2, 0.25) is 0 Å². The summed E-state index contributed by atoms with van der Waals surface area (Å²) in [6.45, 7) is 1.86. The molecule has 0 aliphatic rings. The van der Waals surface area contributed by atoms with Crippen molar-refractivity contribution in [1.82, 2.24) is 0 Å². The molecule has 82 valence electrons. The molecule has 0 rings (SSSR count). The number of rotatable bonds is 6. The summed E-state index contributed by atoms with van der Waals surface area (Å²) in [5.41, 5.74) is 3.26. The van der Waals surface area contributed by atoms with Crippen LogP contribution in [0, 0.1) is 0 Å². The zero-order chi connectivity index (χ0) is 9.61. The number of hydrogen-bond donors (Lipinski definition) is 4. The first-order valence-corrected chi connectivity index (χ1v) is 4.36. The van der Waals surface area contributed by atoms with Gasteiger partial charge in [0.25, 0.3) is 0 Å². The highest BCUT2D eigenvalue weighted by Crippen LogP contribution is 2.16. The summed E-state index contributed by atoms with van der Waals surface area (Å²) in [5.74, 6) is 0. The van der Waals surface area contributed by atoms with Crippen molar-refractivity contribution in [2.24, 2.45) is 0 Å². The van der Waals surface area contributed by atoms with Gasteiger partial charge in [-0.1, -0.05) is 6.92 Å². The van der Waals surface area contributed by atoms with Gasteiger partial charge in [0.05, 0.1) is 0 Å². The Bertz CT molecular complexity index is 118. The lowest BCUT2D eigenvalue weighted by atomic mass is 9.85. The van der Waals surface area contributed by atoms with Crippen molar-refractivity contribution in [2.75, 3.05) is 13.2 Å². The van der Waals surface area contributed by atoms with E-state index in [1.807, 2.05) is 6.92 Å². The third-order valence-corrected chi connectivity index (χ3v) is 2.31. The molecule has 0 heterocycles. The molecule has 6 N–H and O–H groups in total. The number of aliphatic hydroxyl groups is 3. The van der Waals surface area contributed by atoms with Crippen LogP contribution in [0.4, 0.5) is 0 Å². The topological polar surface area (TPSA) is 88.3 Å². The van der Waals surface area contributed by atoms with Crippen molar-refractivity contribution >= 4 is 0 Å². The van der Waals surface area contributed by atoms with Crippen LogP contribution in [-0.2, 0) is 0 Å². The van der Waals surface area contributed by atoms with Crippen LogP contribution in [0.5, 0.6) is 0 Å². The maximum Gasteiger partial charge on any atom is 0.125 e. The molecular weight excluding hydrogens is 194 g/mol. The Morgan fingerprint density at radius 2 is 1.62 bits per heavy atom. The number of aliphatic hydroxyl groups excluding tert-OH is 3. The molecule has 13 heavy (non-hydrogen) atoms. The predicted octanol–water partition coefficient (Wildman–Crippen LogP) is -4.49. The van der Waals surface area contributed by atoms with E-state index in [1.54, 1.807) is 0 Å². The standard InChI is InChI=1S/C8H19NO3.ClH/c1-2-7(12)8(9,3-5-10)4-6-11;/h7,10-12H,2-6,9H2,1H3;1H. The van der Waals surface area contributed by atoms with E-state index in [0.717, 1.165) is 0 Å². The fourth-order valence-electron chi connectivity index (χ4n) is 1.34. The predicted molar refractivity (Wildman–Crippen MR) is 45.3 cm³/mol. The molecular formula is C8H20ClNO3. The molecule has 0 spiro atoms. The molecule has 1 atom stereocenters. The largest absolute Gasteiger partial charge is 1.00 e. The molecule has 0 saturated carbocycles. The molecule has 0 aromatic heterocycles. The minimum atomic E-state index is -0.585. The Balaban J connectivity index is 0. The first-order chi connectivity index (χ1) is 5.60. The van der Waals surface area contributed by atoms with Gasteiger partial charge >= 0.3 is 0 Å². The Labute approximate surface area is 85.2 Å². The normalized spacial score (nSPS) is 13.6. The van der Waals surface area contributed by atoms with E-state index >= 15 is 0 Å². The van der Waals surface area contributed by atoms with Gasteiger partial charge in [0.1, 0.15) is 11.6 Å². The monoisotopic (exact) mass is 213 g/mol. The minimum absolute atomic E-state index is 0. The highest BCUT2D eigenvalue weighted by molar-refractivity contribution is 4.83. The first kappa shape index (κ1) is 15.6. The summed E-state index contributed by atoms with van der Waals surface area (Å²) in [6, 6.07) is 0. The molecule has 0 radical (unpaired) electrons. The zero-order valence-electron chi connectivity index (χ0n) is 8.04. The third kappa shape index (κ3) is 4.78. The fourth-order valence-corrected chi connectivity index (χ4v) is 1.34. The van der Waals surface area contributed by atoms with Gasteiger partial charge in [0.2, 0.25) is 0 Å². The van der Waals surface area contributed by atoms with E-state index in [1.165, 1.54) is 0 Å². The molecule has 0 fully saturated rings. The van der Waals surface area contributed by atoms with Gasteiger partial charge in [-0.3, -0.25) is 0 Å². The van der Waals surface area contributed by atoms with Gasteiger partial charge in [-0.15, -0.1) is 0 Å². The number of quaternary nitrogens is 1. The van der Waals surface area contributed by atoms with Crippen LogP contribution in [0.15, 0.2) is 0 Å². The molecule has 1 unspecified atom stereocenters. The SMILES string of the molecule is CCC(O)C([NH3+])(CCO)CCO.[Cl-]. The highest BCUT2D eigenvalue weighted by atomic mass is 35.5. The molecule has 0 aromatic rings. The summed E-state index contributed by atoms with van der Waals surface area (Å²) in [7, 11) is 0. The molecule has 0 aromatic carbocycles. The minimum Gasteiger partial charge on any atom is -1.00 e. The number of halogens is 1. The average molecular weight is 214 g/mol. The lowest BCUT2D eigenvalue weighted by Crippen LogP contribution is -3.00. The van der Waals surface area contributed by atoms with Gasteiger partial charge in [-0.25, -0.2) is 0 Å². The van der Waals surface area contributed by atoms with Crippen LogP contribution < -0.4 is 18.1 Å². The molecule has 0 bridgehead atoms. The van der Waals surface area contributed by atoms with E-state index in [-0.39, 0.29) is 25.6 Å². The Hall–Kier alpha value is 0.130. The van der Waals surface area contributed by atoms with Crippen LogP contribution in [0.1, 0.15) is 26.2 Å². The maximum absolute atomic E-state index is 9.55. The van der Waals surface area contributed by atoms with Crippen LogP contribution in [-0.4, -0.2) is 40.2 Å². The summed E-state index contributed by atoms with van der Waals surface area (Å²) in [5, 5.41) is 27.0. The second kappa shape index (κ2) is 7.53. The van der Waals surface area contributed by atoms with E-state index in [2.05, 4.69) is 5.73 Å². The quantitative estimate of drug-likeness (QED) is 0.359.